The highest BCUT2D eigenvalue weighted by Gasteiger charge is 2.12. The monoisotopic (exact) mass is 239 g/mol. The fraction of sp³-hybridized carbons (Fsp3) is 0.273. The summed E-state index contributed by atoms with van der Waals surface area (Å²) in [5, 5.41) is 6.58. The van der Waals surface area contributed by atoms with Gasteiger partial charge in [0.2, 0.25) is 6.39 Å². The van der Waals surface area contributed by atoms with Crippen molar-refractivity contribution in [3.8, 4) is 0 Å². The van der Waals surface area contributed by atoms with Gasteiger partial charge in [-0.05, 0) is 25.1 Å². The second kappa shape index (κ2) is 5.01. The molecule has 0 aliphatic rings. The van der Waals surface area contributed by atoms with Gasteiger partial charge in [-0.15, -0.1) is 0 Å². The number of benzene rings is 1. The zero-order valence-electron chi connectivity index (χ0n) is 9.15. The lowest BCUT2D eigenvalue weighted by Crippen LogP contribution is -2.20. The minimum absolute atomic E-state index is 0.272. The summed E-state index contributed by atoms with van der Waals surface area (Å²) in [5.74, 6) is -0.442. The van der Waals surface area contributed by atoms with Crippen LogP contribution in [0.1, 0.15) is 24.4 Å². The predicted octanol–water partition coefficient (Wildman–Crippen LogP) is 2.20. The quantitative estimate of drug-likeness (QED) is 0.888. The highest BCUT2D eigenvalue weighted by atomic mass is 19.1. The van der Waals surface area contributed by atoms with Crippen LogP contribution in [0.15, 0.2) is 29.1 Å². The molecule has 0 saturated heterocycles. The van der Waals surface area contributed by atoms with E-state index in [1.165, 1.54) is 12.5 Å². The van der Waals surface area contributed by atoms with Crippen LogP contribution < -0.4 is 5.32 Å². The summed E-state index contributed by atoms with van der Waals surface area (Å²) < 4.78 is 31.0. The smallest absolute Gasteiger partial charge is 0.213 e. The molecule has 1 N–H and O–H groups in total. The molecule has 90 valence electrons. The SMILES string of the molecule is CC(NCc1ncon1)c1cc(F)ccc1F. The molecule has 0 spiro atoms. The van der Waals surface area contributed by atoms with E-state index in [2.05, 4.69) is 20.0 Å². The first-order chi connectivity index (χ1) is 8.16. The normalized spacial score (nSPS) is 12.6. The number of nitrogens with one attached hydrogen (secondary N) is 1. The van der Waals surface area contributed by atoms with Crippen LogP contribution in [0, 0.1) is 11.6 Å². The Morgan fingerprint density at radius 3 is 2.94 bits per heavy atom. The highest BCUT2D eigenvalue weighted by molar-refractivity contribution is 5.21. The Labute approximate surface area is 96.6 Å². The average Bonchev–Trinajstić information content (AvgIpc) is 2.82. The fourth-order valence-corrected chi connectivity index (χ4v) is 1.47. The summed E-state index contributed by atoms with van der Waals surface area (Å²) in [6.45, 7) is 2.06. The number of nitrogens with zero attached hydrogens (tertiary/aromatic N) is 2. The van der Waals surface area contributed by atoms with Crippen LogP contribution in [-0.4, -0.2) is 10.1 Å². The van der Waals surface area contributed by atoms with Crippen molar-refractivity contribution in [1.82, 2.24) is 15.5 Å². The maximum Gasteiger partial charge on any atom is 0.213 e. The number of halogens is 2. The summed E-state index contributed by atoms with van der Waals surface area (Å²) >= 11 is 0. The third-order valence-electron chi connectivity index (χ3n) is 2.40. The second-order valence-corrected chi connectivity index (χ2v) is 3.62. The van der Waals surface area contributed by atoms with Crippen molar-refractivity contribution in [1.29, 1.82) is 0 Å². The third-order valence-corrected chi connectivity index (χ3v) is 2.40. The van der Waals surface area contributed by atoms with Gasteiger partial charge in [0, 0.05) is 11.6 Å². The van der Waals surface area contributed by atoms with Gasteiger partial charge in [-0.2, -0.15) is 4.98 Å². The molecular formula is C11H11F2N3O. The Kier molecular flexibility index (Phi) is 3.43. The standard InChI is InChI=1S/C11H11F2N3O/c1-7(14-5-11-15-6-17-16-11)9-4-8(12)2-3-10(9)13/h2-4,6-7,14H,5H2,1H3. The topological polar surface area (TPSA) is 51.0 Å². The van der Waals surface area contributed by atoms with E-state index in [-0.39, 0.29) is 11.6 Å². The molecule has 2 aromatic rings. The largest absolute Gasteiger partial charge is 0.343 e. The van der Waals surface area contributed by atoms with Crippen molar-refractivity contribution in [2.24, 2.45) is 0 Å². The van der Waals surface area contributed by atoms with Gasteiger partial charge in [0.25, 0.3) is 0 Å². The Balaban J connectivity index is 2.04. The minimum Gasteiger partial charge on any atom is -0.343 e. The molecule has 0 saturated carbocycles. The number of hydrogen-bond acceptors (Lipinski definition) is 4. The molecule has 1 aromatic heterocycles. The zero-order chi connectivity index (χ0) is 12.3. The van der Waals surface area contributed by atoms with E-state index in [1.54, 1.807) is 6.92 Å². The molecule has 1 heterocycles. The Bertz CT molecular complexity index is 487. The van der Waals surface area contributed by atoms with E-state index in [9.17, 15) is 8.78 Å². The lowest BCUT2D eigenvalue weighted by Gasteiger charge is -2.13. The summed E-state index contributed by atoms with van der Waals surface area (Å²) in [5.41, 5.74) is 0.272. The van der Waals surface area contributed by atoms with Crippen molar-refractivity contribution in [3.63, 3.8) is 0 Å². The van der Waals surface area contributed by atoms with Crippen LogP contribution in [0.4, 0.5) is 8.78 Å². The molecule has 6 heteroatoms. The molecule has 1 unspecified atom stereocenters. The van der Waals surface area contributed by atoms with Gasteiger partial charge in [-0.3, -0.25) is 0 Å². The predicted molar refractivity (Wildman–Crippen MR) is 55.9 cm³/mol. The van der Waals surface area contributed by atoms with Gasteiger partial charge in [-0.1, -0.05) is 5.16 Å². The van der Waals surface area contributed by atoms with Gasteiger partial charge in [0.1, 0.15) is 11.6 Å². The summed E-state index contributed by atoms with van der Waals surface area (Å²) in [6.07, 6.45) is 1.21. The number of aromatic nitrogens is 2. The van der Waals surface area contributed by atoms with Crippen LogP contribution in [0.3, 0.4) is 0 Å². The van der Waals surface area contributed by atoms with Gasteiger partial charge < -0.3 is 9.84 Å². The summed E-state index contributed by atoms with van der Waals surface area (Å²) in [6, 6.07) is 3.02. The Hall–Kier alpha value is -1.82. The van der Waals surface area contributed by atoms with Crippen molar-refractivity contribution in [3.05, 3.63) is 47.6 Å². The molecule has 0 aliphatic carbocycles. The van der Waals surface area contributed by atoms with Crippen LogP contribution in [-0.2, 0) is 6.54 Å². The van der Waals surface area contributed by atoms with Crippen molar-refractivity contribution < 1.29 is 13.3 Å². The van der Waals surface area contributed by atoms with E-state index >= 15 is 0 Å². The van der Waals surface area contributed by atoms with E-state index in [0.717, 1.165) is 12.1 Å². The first kappa shape index (κ1) is 11.7. The highest BCUT2D eigenvalue weighted by Crippen LogP contribution is 2.18. The van der Waals surface area contributed by atoms with Crippen LogP contribution >= 0.6 is 0 Å². The molecular weight excluding hydrogens is 228 g/mol. The molecule has 17 heavy (non-hydrogen) atoms. The van der Waals surface area contributed by atoms with Gasteiger partial charge in [0.05, 0.1) is 6.54 Å². The first-order valence-electron chi connectivity index (χ1n) is 5.10. The zero-order valence-corrected chi connectivity index (χ0v) is 9.15. The molecule has 0 radical (unpaired) electrons. The molecule has 0 aliphatic heterocycles. The van der Waals surface area contributed by atoms with Crippen molar-refractivity contribution >= 4 is 0 Å². The maximum atomic E-state index is 13.4. The summed E-state index contributed by atoms with van der Waals surface area (Å²) in [7, 11) is 0. The van der Waals surface area contributed by atoms with Crippen molar-refractivity contribution in [2.45, 2.75) is 19.5 Å². The first-order valence-corrected chi connectivity index (χ1v) is 5.10. The maximum absolute atomic E-state index is 13.4. The molecule has 0 amide bonds. The fourth-order valence-electron chi connectivity index (χ4n) is 1.47. The van der Waals surface area contributed by atoms with Crippen LogP contribution in [0.5, 0.6) is 0 Å². The molecule has 0 bridgehead atoms. The Morgan fingerprint density at radius 2 is 2.24 bits per heavy atom. The van der Waals surface area contributed by atoms with E-state index in [4.69, 9.17) is 0 Å². The van der Waals surface area contributed by atoms with Crippen molar-refractivity contribution in [2.75, 3.05) is 0 Å². The number of rotatable bonds is 4. The number of hydrogen-bond donors (Lipinski definition) is 1. The van der Waals surface area contributed by atoms with Crippen LogP contribution in [0.25, 0.3) is 0 Å². The summed E-state index contributed by atoms with van der Waals surface area (Å²) in [4.78, 5) is 3.81. The molecule has 4 nitrogen and oxygen atoms in total. The lowest BCUT2D eigenvalue weighted by molar-refractivity contribution is 0.404. The molecule has 0 fully saturated rings. The average molecular weight is 239 g/mol. The molecule has 2 rings (SSSR count). The Morgan fingerprint density at radius 1 is 1.41 bits per heavy atom. The van der Waals surface area contributed by atoms with E-state index < -0.39 is 11.6 Å². The van der Waals surface area contributed by atoms with Crippen LogP contribution in [0.2, 0.25) is 0 Å². The van der Waals surface area contributed by atoms with Gasteiger partial charge in [0.15, 0.2) is 5.82 Å². The van der Waals surface area contributed by atoms with Gasteiger partial charge >= 0.3 is 0 Å². The second-order valence-electron chi connectivity index (χ2n) is 3.62. The van der Waals surface area contributed by atoms with E-state index in [0.29, 0.717) is 12.4 Å². The minimum atomic E-state index is -0.463. The molecule has 1 atom stereocenters. The third kappa shape index (κ3) is 2.85. The molecule has 1 aromatic carbocycles. The van der Waals surface area contributed by atoms with Gasteiger partial charge in [-0.25, -0.2) is 8.78 Å². The van der Waals surface area contributed by atoms with E-state index in [1.807, 2.05) is 0 Å². The lowest BCUT2D eigenvalue weighted by atomic mass is 10.1.